The zero-order valence-corrected chi connectivity index (χ0v) is 9.67. The smallest absolute Gasteiger partial charge is 0.214 e. The maximum atomic E-state index is 6.40. The Morgan fingerprint density at radius 2 is 1.00 bits per heavy atom. The second-order valence-electron chi connectivity index (χ2n) is 2.77. The molecule has 0 rings (SSSR count). The van der Waals surface area contributed by atoms with Gasteiger partial charge in [0.25, 0.3) is 0 Å². The van der Waals surface area contributed by atoms with Crippen LogP contribution in [0.25, 0.3) is 0 Å². The topological polar surface area (TPSA) is 128 Å². The fraction of sp³-hybridized carbons (Fsp3) is 1.00. The van der Waals surface area contributed by atoms with Crippen molar-refractivity contribution in [1.29, 1.82) is 11.1 Å². The molecule has 0 aliphatic heterocycles. The third-order valence-electron chi connectivity index (χ3n) is 1.56. The van der Waals surface area contributed by atoms with Crippen LogP contribution in [0.2, 0.25) is 0 Å². The molecule has 0 heterocycles. The van der Waals surface area contributed by atoms with Gasteiger partial charge in [-0.25, -0.2) is 0 Å². The molecule has 17 heavy (non-hydrogen) atoms. The summed E-state index contributed by atoms with van der Waals surface area (Å²) >= 11 is 0. The quantitative estimate of drug-likeness (QED) is 0.288. The number of rotatable bonds is 12. The Labute approximate surface area is 98.9 Å². The molecule has 0 atom stereocenters. The minimum atomic E-state index is 0.400. The Morgan fingerprint density at radius 1 is 0.647 bits per heavy atom. The minimum Gasteiger partial charge on any atom is -0.377 e. The van der Waals surface area contributed by atoms with Gasteiger partial charge in [0, 0.05) is 0 Å². The zero-order chi connectivity index (χ0) is 12.6. The Balaban J connectivity index is 2.98. The highest BCUT2D eigenvalue weighted by Crippen LogP contribution is 1.81. The average molecular weight is 246 g/mol. The van der Waals surface area contributed by atoms with E-state index in [9.17, 15) is 0 Å². The second kappa shape index (κ2) is 14.5. The first-order valence-electron chi connectivity index (χ1n) is 5.21. The lowest BCUT2D eigenvalue weighted by Crippen LogP contribution is -2.11. The summed E-state index contributed by atoms with van der Waals surface area (Å²) in [7, 11) is 0. The highest BCUT2D eigenvalue weighted by atomic mass is 16.5. The number of hydrogen-bond donors (Lipinski definition) is 2. The van der Waals surface area contributed by atoms with E-state index in [1.54, 1.807) is 0 Å². The van der Waals surface area contributed by atoms with Crippen molar-refractivity contribution in [3.63, 3.8) is 0 Å². The van der Waals surface area contributed by atoms with Crippen LogP contribution in [0, 0.1) is 11.1 Å². The van der Waals surface area contributed by atoms with Crippen molar-refractivity contribution in [2.75, 3.05) is 52.7 Å². The first-order chi connectivity index (χ1) is 8.41. The standard InChI is InChI=1S/C8H18N6O3/c9-13-11-1-3-15-5-7-17-8-6-16-4-2-12-14-10/h9-10H,1-8H2/q+2. The number of ether oxygens (including phenoxy) is 3. The number of nitrogens with one attached hydrogen (secondary N) is 2. The lowest BCUT2D eigenvalue weighted by Gasteiger charge is -2.04. The summed E-state index contributed by atoms with van der Waals surface area (Å²) in [6, 6.07) is 0. The van der Waals surface area contributed by atoms with Crippen molar-refractivity contribution < 1.29 is 14.2 Å². The number of nitrogens with zero attached hydrogens (tertiary/aromatic N) is 4. The first kappa shape index (κ1) is 15.5. The summed E-state index contributed by atoms with van der Waals surface area (Å²) in [5.74, 6) is 0. The molecule has 0 saturated carbocycles. The van der Waals surface area contributed by atoms with Crippen molar-refractivity contribution in [3.8, 4) is 0 Å². The molecular weight excluding hydrogens is 228 g/mol. The van der Waals surface area contributed by atoms with Crippen LogP contribution in [0.3, 0.4) is 0 Å². The van der Waals surface area contributed by atoms with Gasteiger partial charge in [-0.15, -0.1) is 0 Å². The molecule has 0 aromatic heterocycles. The minimum absolute atomic E-state index is 0.400. The second-order valence-corrected chi connectivity index (χ2v) is 2.77. The van der Waals surface area contributed by atoms with Crippen molar-refractivity contribution >= 4 is 0 Å². The molecule has 0 aromatic carbocycles. The van der Waals surface area contributed by atoms with Gasteiger partial charge in [-0.3, -0.25) is 0 Å². The maximum Gasteiger partial charge on any atom is 0.214 e. The molecule has 0 radical (unpaired) electrons. The van der Waals surface area contributed by atoms with Gasteiger partial charge in [-0.1, -0.05) is 0 Å². The van der Waals surface area contributed by atoms with E-state index in [4.69, 9.17) is 25.3 Å². The number of hydrogen-bond acceptors (Lipinski definition) is 7. The van der Waals surface area contributed by atoms with E-state index in [1.165, 1.54) is 0 Å². The van der Waals surface area contributed by atoms with E-state index in [1.807, 2.05) is 0 Å². The fourth-order valence-electron chi connectivity index (χ4n) is 0.853. The lowest BCUT2D eigenvalue weighted by molar-refractivity contribution is 0.0172. The van der Waals surface area contributed by atoms with Crippen LogP contribution < -0.4 is 9.82 Å². The Kier molecular flexibility index (Phi) is 13.2. The van der Waals surface area contributed by atoms with Gasteiger partial charge in [-0.05, 0) is 0 Å². The third-order valence-corrected chi connectivity index (χ3v) is 1.56. The summed E-state index contributed by atoms with van der Waals surface area (Å²) in [6.45, 7) is 3.65. The molecule has 96 valence electrons. The zero-order valence-electron chi connectivity index (χ0n) is 9.67. The molecule has 0 saturated heterocycles. The Bertz CT molecular complexity index is 236. The third kappa shape index (κ3) is 14.5. The van der Waals surface area contributed by atoms with E-state index >= 15 is 0 Å². The molecule has 2 N–H and O–H groups in total. The molecule has 9 heteroatoms. The average Bonchev–Trinajstić information content (AvgIpc) is 2.35. The molecule has 9 nitrogen and oxygen atoms in total. The molecule has 0 aromatic rings. The van der Waals surface area contributed by atoms with Crippen molar-refractivity contribution in [2.24, 2.45) is 10.2 Å². The Hall–Kier alpha value is -1.50. The SMILES string of the molecule is N=[N+]=NCCOCCOCCOCCN=[N+]=N. The predicted octanol–water partition coefficient (Wildman–Crippen LogP) is 0.137. The van der Waals surface area contributed by atoms with Crippen LogP contribution >= 0.6 is 0 Å². The first-order valence-corrected chi connectivity index (χ1v) is 5.21. The molecule has 0 fully saturated rings. The summed E-state index contributed by atoms with van der Waals surface area (Å²) in [5, 5.41) is 6.86. The Morgan fingerprint density at radius 3 is 1.35 bits per heavy atom. The van der Waals surface area contributed by atoms with Gasteiger partial charge in [0.05, 0.1) is 39.6 Å². The van der Waals surface area contributed by atoms with Gasteiger partial charge in [0.15, 0.2) is 0 Å². The van der Waals surface area contributed by atoms with E-state index in [0.29, 0.717) is 52.7 Å². The van der Waals surface area contributed by atoms with Crippen LogP contribution in [0.1, 0.15) is 0 Å². The van der Waals surface area contributed by atoms with E-state index in [-0.39, 0.29) is 0 Å². The van der Waals surface area contributed by atoms with Crippen molar-refractivity contribution in [3.05, 3.63) is 0 Å². The molecule has 0 unspecified atom stereocenters. The normalized spacial score (nSPS) is 9.41. The predicted molar refractivity (Wildman–Crippen MR) is 56.8 cm³/mol. The van der Waals surface area contributed by atoms with Crippen LogP contribution in [0.5, 0.6) is 0 Å². The lowest BCUT2D eigenvalue weighted by atomic mass is 10.7. The molecular formula is C8H18N6O3+2. The summed E-state index contributed by atoms with van der Waals surface area (Å²) in [5.41, 5.74) is 12.8. The summed E-state index contributed by atoms with van der Waals surface area (Å²) < 4.78 is 15.5. The van der Waals surface area contributed by atoms with Crippen LogP contribution in [0.15, 0.2) is 10.2 Å². The highest BCUT2D eigenvalue weighted by molar-refractivity contribution is 4.37. The van der Waals surface area contributed by atoms with Gasteiger partial charge in [-0.2, -0.15) is 0 Å². The maximum absolute atomic E-state index is 6.40. The largest absolute Gasteiger partial charge is 0.377 e. The van der Waals surface area contributed by atoms with Crippen molar-refractivity contribution in [1.82, 2.24) is 9.82 Å². The fourth-order valence-corrected chi connectivity index (χ4v) is 0.853. The van der Waals surface area contributed by atoms with Gasteiger partial charge in [0.1, 0.15) is 34.4 Å². The van der Waals surface area contributed by atoms with Crippen molar-refractivity contribution in [2.45, 2.75) is 0 Å². The summed E-state index contributed by atoms with van der Waals surface area (Å²) in [6.07, 6.45) is 0. The van der Waals surface area contributed by atoms with Crippen LogP contribution in [-0.4, -0.2) is 52.7 Å². The van der Waals surface area contributed by atoms with Gasteiger partial charge in [0.2, 0.25) is 9.82 Å². The van der Waals surface area contributed by atoms with Gasteiger partial charge >= 0.3 is 0 Å². The van der Waals surface area contributed by atoms with Crippen LogP contribution in [0.4, 0.5) is 0 Å². The van der Waals surface area contributed by atoms with E-state index in [2.05, 4.69) is 20.1 Å². The van der Waals surface area contributed by atoms with E-state index in [0.717, 1.165) is 0 Å². The highest BCUT2D eigenvalue weighted by Gasteiger charge is 1.93. The summed E-state index contributed by atoms with van der Waals surface area (Å²) in [4.78, 5) is 5.69. The van der Waals surface area contributed by atoms with E-state index < -0.39 is 0 Å². The molecule has 0 aliphatic carbocycles. The molecule has 0 spiro atoms. The molecule has 0 amide bonds. The monoisotopic (exact) mass is 246 g/mol. The molecule has 0 bridgehead atoms. The van der Waals surface area contributed by atoms with Gasteiger partial charge < -0.3 is 14.2 Å². The van der Waals surface area contributed by atoms with Crippen LogP contribution in [-0.2, 0) is 14.2 Å². The molecule has 0 aliphatic rings.